The fourth-order valence-corrected chi connectivity index (χ4v) is 1.19. The molecule has 5 nitrogen and oxygen atoms in total. The second-order valence-electron chi connectivity index (χ2n) is 3.05. The quantitative estimate of drug-likeness (QED) is 0.615. The molecule has 76 valence electrons. The highest BCUT2D eigenvalue weighted by atomic mass is 16.2. The van der Waals surface area contributed by atoms with Gasteiger partial charge in [0.25, 0.3) is 11.8 Å². The average molecular weight is 196 g/mol. The highest BCUT2D eigenvalue weighted by molar-refractivity contribution is 6.15. The number of carbonyl (C=O) groups is 3. The van der Waals surface area contributed by atoms with Crippen molar-refractivity contribution in [1.82, 2.24) is 10.2 Å². The number of amides is 3. The van der Waals surface area contributed by atoms with Crippen LogP contribution >= 0.6 is 0 Å². The molecule has 0 saturated heterocycles. The molecule has 14 heavy (non-hydrogen) atoms. The van der Waals surface area contributed by atoms with Gasteiger partial charge in [0.05, 0.1) is 0 Å². The highest BCUT2D eigenvalue weighted by Gasteiger charge is 2.27. The standard InChI is InChI=1S/C9H12N2O3/c1-6-5-8(13)11(9(6)14)4-3-7(12)10-2/h5H,3-4H2,1-2H3,(H,10,12). The third kappa shape index (κ3) is 1.99. The Morgan fingerprint density at radius 1 is 1.50 bits per heavy atom. The van der Waals surface area contributed by atoms with Gasteiger partial charge in [0.1, 0.15) is 0 Å². The normalized spacial score (nSPS) is 15.9. The minimum absolute atomic E-state index is 0.144. The molecule has 0 unspecified atom stereocenters. The van der Waals surface area contributed by atoms with Crippen LogP contribution in [0.15, 0.2) is 11.6 Å². The average Bonchev–Trinajstić information content (AvgIpc) is 2.39. The van der Waals surface area contributed by atoms with Gasteiger partial charge in [-0.3, -0.25) is 19.3 Å². The molecule has 0 bridgehead atoms. The minimum Gasteiger partial charge on any atom is -0.359 e. The van der Waals surface area contributed by atoms with E-state index in [0.29, 0.717) is 5.57 Å². The monoisotopic (exact) mass is 196 g/mol. The molecule has 1 rings (SSSR count). The van der Waals surface area contributed by atoms with Crippen molar-refractivity contribution < 1.29 is 14.4 Å². The second kappa shape index (κ2) is 4.04. The first-order valence-electron chi connectivity index (χ1n) is 4.31. The molecule has 0 atom stereocenters. The molecule has 0 spiro atoms. The van der Waals surface area contributed by atoms with Gasteiger partial charge >= 0.3 is 0 Å². The molecular formula is C9H12N2O3. The molecule has 1 aliphatic rings. The van der Waals surface area contributed by atoms with E-state index >= 15 is 0 Å². The van der Waals surface area contributed by atoms with E-state index in [1.54, 1.807) is 6.92 Å². The Morgan fingerprint density at radius 2 is 2.14 bits per heavy atom. The molecule has 0 aromatic heterocycles. The Balaban J connectivity index is 2.52. The molecule has 5 heteroatoms. The van der Waals surface area contributed by atoms with Crippen LogP contribution < -0.4 is 5.32 Å². The van der Waals surface area contributed by atoms with Gasteiger partial charge in [-0.25, -0.2) is 0 Å². The Bertz CT molecular complexity index is 320. The Hall–Kier alpha value is -1.65. The van der Waals surface area contributed by atoms with E-state index in [1.165, 1.54) is 13.1 Å². The van der Waals surface area contributed by atoms with Gasteiger partial charge in [0, 0.05) is 31.7 Å². The van der Waals surface area contributed by atoms with Crippen LogP contribution in [-0.4, -0.2) is 36.2 Å². The first-order chi connectivity index (χ1) is 6.56. The maximum atomic E-state index is 11.3. The van der Waals surface area contributed by atoms with E-state index in [2.05, 4.69) is 5.32 Å². The number of carbonyl (C=O) groups excluding carboxylic acids is 3. The predicted octanol–water partition coefficient (Wildman–Crippen LogP) is -0.562. The maximum Gasteiger partial charge on any atom is 0.256 e. The number of nitrogens with zero attached hydrogens (tertiary/aromatic N) is 1. The molecule has 0 saturated carbocycles. The van der Waals surface area contributed by atoms with Crippen molar-refractivity contribution in [2.24, 2.45) is 0 Å². The summed E-state index contributed by atoms with van der Waals surface area (Å²) in [6, 6.07) is 0. The third-order valence-electron chi connectivity index (χ3n) is 2.03. The van der Waals surface area contributed by atoms with Crippen molar-refractivity contribution in [1.29, 1.82) is 0 Å². The Kier molecular flexibility index (Phi) is 3.01. The molecule has 1 aliphatic heterocycles. The van der Waals surface area contributed by atoms with Crippen molar-refractivity contribution >= 4 is 17.7 Å². The first kappa shape index (κ1) is 10.4. The number of nitrogens with one attached hydrogen (secondary N) is 1. The largest absolute Gasteiger partial charge is 0.359 e. The first-order valence-corrected chi connectivity index (χ1v) is 4.31. The van der Waals surface area contributed by atoms with E-state index in [1.807, 2.05) is 0 Å². The summed E-state index contributed by atoms with van der Waals surface area (Å²) < 4.78 is 0. The SMILES string of the molecule is CNC(=O)CCN1C(=O)C=C(C)C1=O. The van der Waals surface area contributed by atoms with E-state index in [4.69, 9.17) is 0 Å². The lowest BCUT2D eigenvalue weighted by Gasteiger charge is -2.13. The van der Waals surface area contributed by atoms with E-state index in [9.17, 15) is 14.4 Å². The van der Waals surface area contributed by atoms with Gasteiger partial charge in [-0.15, -0.1) is 0 Å². The highest BCUT2D eigenvalue weighted by Crippen LogP contribution is 2.11. The van der Waals surface area contributed by atoms with Gasteiger partial charge in [0.15, 0.2) is 0 Å². The van der Waals surface area contributed by atoms with Crippen molar-refractivity contribution in [2.45, 2.75) is 13.3 Å². The third-order valence-corrected chi connectivity index (χ3v) is 2.03. The van der Waals surface area contributed by atoms with Crippen LogP contribution in [0.5, 0.6) is 0 Å². The molecule has 0 aromatic carbocycles. The zero-order valence-electron chi connectivity index (χ0n) is 8.16. The summed E-state index contributed by atoms with van der Waals surface area (Å²) in [7, 11) is 1.51. The zero-order valence-corrected chi connectivity index (χ0v) is 8.16. The van der Waals surface area contributed by atoms with Crippen molar-refractivity contribution in [3.05, 3.63) is 11.6 Å². The molecule has 1 heterocycles. The zero-order chi connectivity index (χ0) is 10.7. The number of rotatable bonds is 3. The van der Waals surface area contributed by atoms with Crippen LogP contribution in [0.1, 0.15) is 13.3 Å². The summed E-state index contributed by atoms with van der Waals surface area (Å²) in [5.74, 6) is -0.828. The fourth-order valence-electron chi connectivity index (χ4n) is 1.19. The summed E-state index contributed by atoms with van der Waals surface area (Å²) in [6.07, 6.45) is 1.43. The molecular weight excluding hydrogens is 184 g/mol. The van der Waals surface area contributed by atoms with E-state index in [-0.39, 0.29) is 30.7 Å². The van der Waals surface area contributed by atoms with Crippen LogP contribution in [0.25, 0.3) is 0 Å². The Morgan fingerprint density at radius 3 is 2.57 bits per heavy atom. The molecule has 1 N–H and O–H groups in total. The summed E-state index contributed by atoms with van der Waals surface area (Å²) in [4.78, 5) is 34.5. The van der Waals surface area contributed by atoms with Crippen molar-refractivity contribution in [3.63, 3.8) is 0 Å². The summed E-state index contributed by atoms with van der Waals surface area (Å²) in [5.41, 5.74) is 0.423. The molecule has 0 aliphatic carbocycles. The molecule has 0 aromatic rings. The lowest BCUT2D eigenvalue weighted by Crippen LogP contribution is -2.34. The maximum absolute atomic E-state index is 11.3. The lowest BCUT2D eigenvalue weighted by atomic mass is 10.3. The predicted molar refractivity (Wildman–Crippen MR) is 49.2 cm³/mol. The van der Waals surface area contributed by atoms with E-state index < -0.39 is 0 Å². The van der Waals surface area contributed by atoms with Crippen molar-refractivity contribution in [2.75, 3.05) is 13.6 Å². The lowest BCUT2D eigenvalue weighted by molar-refractivity contribution is -0.137. The molecule has 0 fully saturated rings. The van der Waals surface area contributed by atoms with Crippen LogP contribution in [-0.2, 0) is 14.4 Å². The van der Waals surface area contributed by atoms with Gasteiger partial charge in [-0.1, -0.05) is 0 Å². The van der Waals surface area contributed by atoms with Gasteiger partial charge < -0.3 is 5.32 Å². The van der Waals surface area contributed by atoms with Gasteiger partial charge in [0.2, 0.25) is 5.91 Å². The van der Waals surface area contributed by atoms with Crippen LogP contribution in [0.3, 0.4) is 0 Å². The summed E-state index contributed by atoms with van der Waals surface area (Å²) in [6.45, 7) is 1.73. The summed E-state index contributed by atoms with van der Waals surface area (Å²) >= 11 is 0. The smallest absolute Gasteiger partial charge is 0.256 e. The Labute approximate surface area is 81.8 Å². The van der Waals surface area contributed by atoms with E-state index in [0.717, 1.165) is 4.90 Å². The minimum atomic E-state index is -0.337. The molecule has 0 radical (unpaired) electrons. The van der Waals surface area contributed by atoms with Crippen molar-refractivity contribution in [3.8, 4) is 0 Å². The number of hydrogen-bond acceptors (Lipinski definition) is 3. The second-order valence-corrected chi connectivity index (χ2v) is 3.05. The topological polar surface area (TPSA) is 66.5 Å². The fraction of sp³-hybridized carbons (Fsp3) is 0.444. The van der Waals surface area contributed by atoms with Gasteiger partial charge in [-0.2, -0.15) is 0 Å². The molecule has 3 amide bonds. The van der Waals surface area contributed by atoms with Crippen LogP contribution in [0.4, 0.5) is 0 Å². The van der Waals surface area contributed by atoms with Crippen LogP contribution in [0, 0.1) is 0 Å². The number of hydrogen-bond donors (Lipinski definition) is 1. The number of imide groups is 1. The summed E-state index contributed by atoms with van der Waals surface area (Å²) in [5, 5.41) is 2.42. The van der Waals surface area contributed by atoms with Crippen LogP contribution in [0.2, 0.25) is 0 Å². The van der Waals surface area contributed by atoms with Gasteiger partial charge in [-0.05, 0) is 6.92 Å².